The van der Waals surface area contributed by atoms with Gasteiger partial charge in [-0.2, -0.15) is 4.98 Å². The Morgan fingerprint density at radius 3 is 2.66 bits per heavy atom. The lowest BCUT2D eigenvalue weighted by Gasteiger charge is -2.27. The van der Waals surface area contributed by atoms with E-state index in [2.05, 4.69) is 10.1 Å². The summed E-state index contributed by atoms with van der Waals surface area (Å²) in [7, 11) is 0. The molecule has 2 amide bonds. The van der Waals surface area contributed by atoms with Crippen LogP contribution in [0.3, 0.4) is 0 Å². The van der Waals surface area contributed by atoms with Crippen LogP contribution in [0.25, 0.3) is 0 Å². The molecule has 2 heterocycles. The summed E-state index contributed by atoms with van der Waals surface area (Å²) in [5.74, 6) is 0.871. The van der Waals surface area contributed by atoms with E-state index in [1.165, 1.54) is 32.1 Å². The van der Waals surface area contributed by atoms with Gasteiger partial charge in [-0.15, -0.1) is 0 Å². The van der Waals surface area contributed by atoms with Crippen molar-refractivity contribution in [2.75, 3.05) is 6.54 Å². The standard InChI is InChI=1S/C23H38N4O5/c1-23(2,3)31-22(29)27-14-8-13-18(27)20-24-21(32-26-20)17(15-19(28)25-30)12-7-11-16-9-5-4-6-10-16/h16-18,30H,4-15H2,1-3H3,(H,25,28)/t17-,18?/m1/s1. The van der Waals surface area contributed by atoms with Crippen molar-refractivity contribution < 1.29 is 24.1 Å². The van der Waals surface area contributed by atoms with E-state index in [1.807, 2.05) is 20.8 Å². The molecular formula is C23H38N4O5. The van der Waals surface area contributed by atoms with E-state index in [1.54, 1.807) is 10.4 Å². The van der Waals surface area contributed by atoms with Gasteiger partial charge in [0.25, 0.3) is 0 Å². The lowest BCUT2D eigenvalue weighted by molar-refractivity contribution is -0.129. The van der Waals surface area contributed by atoms with Crippen LogP contribution in [0.5, 0.6) is 0 Å². The Kier molecular flexibility index (Phi) is 8.51. The van der Waals surface area contributed by atoms with Crippen LogP contribution in [-0.2, 0) is 9.53 Å². The predicted molar refractivity (Wildman–Crippen MR) is 117 cm³/mol. The van der Waals surface area contributed by atoms with Crippen molar-refractivity contribution in [2.24, 2.45) is 5.92 Å². The molecular weight excluding hydrogens is 412 g/mol. The van der Waals surface area contributed by atoms with E-state index in [-0.39, 0.29) is 24.5 Å². The second kappa shape index (κ2) is 11.1. The molecule has 2 fully saturated rings. The summed E-state index contributed by atoms with van der Waals surface area (Å²) in [6.07, 6.45) is 10.7. The topological polar surface area (TPSA) is 118 Å². The van der Waals surface area contributed by atoms with Gasteiger partial charge in [0.1, 0.15) is 5.60 Å². The lowest BCUT2D eigenvalue weighted by atomic mass is 9.84. The molecule has 0 bridgehead atoms. The molecule has 2 atom stereocenters. The van der Waals surface area contributed by atoms with Gasteiger partial charge in [-0.25, -0.2) is 10.3 Å². The van der Waals surface area contributed by atoms with E-state index in [0.29, 0.717) is 18.3 Å². The normalized spacial score (nSPS) is 20.9. The molecule has 1 unspecified atom stereocenters. The van der Waals surface area contributed by atoms with E-state index < -0.39 is 11.5 Å². The molecule has 3 rings (SSSR count). The second-order valence-corrected chi connectivity index (χ2v) is 10.2. The summed E-state index contributed by atoms with van der Waals surface area (Å²) >= 11 is 0. The Hall–Kier alpha value is -2.16. The third kappa shape index (κ3) is 6.92. The monoisotopic (exact) mass is 450 g/mol. The van der Waals surface area contributed by atoms with Crippen LogP contribution < -0.4 is 5.48 Å². The molecule has 1 saturated carbocycles. The van der Waals surface area contributed by atoms with Gasteiger partial charge in [-0.3, -0.25) is 14.9 Å². The predicted octanol–water partition coefficient (Wildman–Crippen LogP) is 4.87. The number of carbonyl (C=O) groups excluding carboxylic acids is 2. The summed E-state index contributed by atoms with van der Waals surface area (Å²) in [6, 6.07) is -0.295. The number of ether oxygens (including phenoxy) is 1. The number of hydrogen-bond acceptors (Lipinski definition) is 7. The molecule has 9 nitrogen and oxygen atoms in total. The first kappa shape index (κ1) is 24.5. The number of hydroxylamine groups is 1. The number of aromatic nitrogens is 2. The molecule has 32 heavy (non-hydrogen) atoms. The first-order chi connectivity index (χ1) is 15.3. The van der Waals surface area contributed by atoms with Crippen molar-refractivity contribution in [1.82, 2.24) is 20.5 Å². The molecule has 1 aromatic rings. The molecule has 9 heteroatoms. The highest BCUT2D eigenvalue weighted by molar-refractivity contribution is 5.75. The third-order valence-corrected chi connectivity index (χ3v) is 6.43. The minimum Gasteiger partial charge on any atom is -0.444 e. The Morgan fingerprint density at radius 2 is 1.97 bits per heavy atom. The average Bonchev–Trinajstić information content (AvgIpc) is 3.42. The molecule has 0 aromatic carbocycles. The zero-order valence-corrected chi connectivity index (χ0v) is 19.6. The molecule has 1 saturated heterocycles. The Balaban J connectivity index is 1.65. The summed E-state index contributed by atoms with van der Waals surface area (Å²) in [5.41, 5.74) is 1.14. The quantitative estimate of drug-likeness (QED) is 0.428. The van der Waals surface area contributed by atoms with Crippen LogP contribution >= 0.6 is 0 Å². The van der Waals surface area contributed by atoms with Gasteiger partial charge in [-0.05, 0) is 46.0 Å². The highest BCUT2D eigenvalue weighted by Crippen LogP contribution is 2.34. The second-order valence-electron chi connectivity index (χ2n) is 10.2. The maximum atomic E-state index is 12.6. The van der Waals surface area contributed by atoms with E-state index >= 15 is 0 Å². The first-order valence-corrected chi connectivity index (χ1v) is 12.0. The highest BCUT2D eigenvalue weighted by atomic mass is 16.6. The molecule has 0 radical (unpaired) electrons. The fourth-order valence-electron chi connectivity index (χ4n) is 4.83. The van der Waals surface area contributed by atoms with Gasteiger partial charge in [0, 0.05) is 18.9 Å². The Morgan fingerprint density at radius 1 is 1.22 bits per heavy atom. The number of nitrogens with zero attached hydrogens (tertiary/aromatic N) is 3. The molecule has 2 aliphatic rings. The fraction of sp³-hybridized carbons (Fsp3) is 0.826. The van der Waals surface area contributed by atoms with Gasteiger partial charge >= 0.3 is 6.09 Å². The maximum absolute atomic E-state index is 12.6. The van der Waals surface area contributed by atoms with Crippen LogP contribution in [0.15, 0.2) is 4.52 Å². The van der Waals surface area contributed by atoms with Crippen LogP contribution in [0, 0.1) is 5.92 Å². The molecule has 180 valence electrons. The largest absolute Gasteiger partial charge is 0.444 e. The Bertz CT molecular complexity index is 754. The van der Waals surface area contributed by atoms with E-state index in [0.717, 1.165) is 38.0 Å². The van der Waals surface area contributed by atoms with E-state index in [9.17, 15) is 9.59 Å². The SMILES string of the molecule is CC(C)(C)OC(=O)N1CCCC1c1noc([C@H](CCCC2CCCCC2)CC(=O)NO)n1. The van der Waals surface area contributed by atoms with Crippen molar-refractivity contribution in [1.29, 1.82) is 0 Å². The zero-order chi connectivity index (χ0) is 23.1. The number of carbonyl (C=O) groups is 2. The smallest absolute Gasteiger partial charge is 0.410 e. The van der Waals surface area contributed by atoms with Gasteiger partial charge in [-0.1, -0.05) is 50.1 Å². The van der Waals surface area contributed by atoms with Crippen LogP contribution in [0.1, 0.15) is 115 Å². The molecule has 1 aliphatic carbocycles. The zero-order valence-electron chi connectivity index (χ0n) is 19.6. The third-order valence-electron chi connectivity index (χ3n) is 6.43. The van der Waals surface area contributed by atoms with Crippen molar-refractivity contribution in [2.45, 2.75) is 109 Å². The van der Waals surface area contributed by atoms with Crippen LogP contribution in [-0.4, -0.2) is 44.4 Å². The number of rotatable bonds is 8. The molecule has 2 N–H and O–H groups in total. The fourth-order valence-corrected chi connectivity index (χ4v) is 4.83. The van der Waals surface area contributed by atoms with Crippen molar-refractivity contribution >= 4 is 12.0 Å². The van der Waals surface area contributed by atoms with Gasteiger partial charge in [0.2, 0.25) is 11.8 Å². The summed E-state index contributed by atoms with van der Waals surface area (Å²) in [5, 5.41) is 13.2. The maximum Gasteiger partial charge on any atom is 0.410 e. The molecule has 1 aliphatic heterocycles. The van der Waals surface area contributed by atoms with Crippen molar-refractivity contribution in [3.8, 4) is 0 Å². The number of hydrogen-bond donors (Lipinski definition) is 2. The van der Waals surface area contributed by atoms with Crippen LogP contribution in [0.2, 0.25) is 0 Å². The molecule has 0 spiro atoms. The summed E-state index contributed by atoms with van der Waals surface area (Å²) < 4.78 is 11.1. The minimum atomic E-state index is -0.576. The average molecular weight is 451 g/mol. The number of nitrogens with one attached hydrogen (secondary N) is 1. The number of amides is 2. The molecule has 1 aromatic heterocycles. The van der Waals surface area contributed by atoms with Gasteiger partial charge < -0.3 is 9.26 Å². The number of likely N-dealkylation sites (tertiary alicyclic amines) is 1. The van der Waals surface area contributed by atoms with Gasteiger partial charge in [0.15, 0.2) is 5.82 Å². The van der Waals surface area contributed by atoms with Gasteiger partial charge in [0.05, 0.1) is 6.04 Å². The minimum absolute atomic E-state index is 0.0866. The Labute approximate surface area is 190 Å². The first-order valence-electron chi connectivity index (χ1n) is 12.0. The lowest BCUT2D eigenvalue weighted by Crippen LogP contribution is -2.36. The highest BCUT2D eigenvalue weighted by Gasteiger charge is 2.36. The van der Waals surface area contributed by atoms with Crippen molar-refractivity contribution in [3.63, 3.8) is 0 Å². The van der Waals surface area contributed by atoms with Crippen LogP contribution in [0.4, 0.5) is 4.79 Å². The van der Waals surface area contributed by atoms with Crippen molar-refractivity contribution in [3.05, 3.63) is 11.7 Å². The summed E-state index contributed by atoms with van der Waals surface area (Å²) in [4.78, 5) is 30.7. The summed E-state index contributed by atoms with van der Waals surface area (Å²) in [6.45, 7) is 6.10. The van der Waals surface area contributed by atoms with E-state index in [4.69, 9.17) is 14.5 Å².